The summed E-state index contributed by atoms with van der Waals surface area (Å²) in [6.45, 7) is 3.69. The van der Waals surface area contributed by atoms with E-state index in [0.717, 1.165) is 0 Å². The number of halogens is 2. The van der Waals surface area contributed by atoms with Crippen molar-refractivity contribution >= 4 is 23.2 Å². The van der Waals surface area contributed by atoms with Crippen LogP contribution in [0, 0.1) is 11.6 Å². The van der Waals surface area contributed by atoms with E-state index in [0.29, 0.717) is 17.9 Å². The van der Waals surface area contributed by atoms with E-state index in [4.69, 9.17) is 0 Å². The maximum Gasteiger partial charge on any atom is 0.238 e. The minimum Gasteiger partial charge on any atom is -0.326 e. The van der Waals surface area contributed by atoms with Gasteiger partial charge < -0.3 is 10.6 Å². The molecule has 0 aliphatic rings. The molecule has 2 rings (SSSR count). The Balaban J connectivity index is 1.95. The highest BCUT2D eigenvalue weighted by atomic mass is 19.1. The van der Waals surface area contributed by atoms with Gasteiger partial charge in [0.25, 0.3) is 0 Å². The summed E-state index contributed by atoms with van der Waals surface area (Å²) in [6.07, 6.45) is 0. The van der Waals surface area contributed by atoms with Crippen LogP contribution < -0.4 is 10.6 Å². The summed E-state index contributed by atoms with van der Waals surface area (Å²) >= 11 is 0. The molecule has 5 nitrogen and oxygen atoms in total. The third-order valence-corrected chi connectivity index (χ3v) is 3.75. The van der Waals surface area contributed by atoms with Crippen LogP contribution in [0.1, 0.15) is 19.4 Å². The lowest BCUT2D eigenvalue weighted by molar-refractivity contribution is -0.117. The summed E-state index contributed by atoms with van der Waals surface area (Å²) < 4.78 is 27.5. The lowest BCUT2D eigenvalue weighted by atomic mass is 10.2. The molecule has 0 aliphatic carbocycles. The van der Waals surface area contributed by atoms with E-state index >= 15 is 0 Å². The van der Waals surface area contributed by atoms with Crippen LogP contribution in [-0.4, -0.2) is 29.8 Å². The highest BCUT2D eigenvalue weighted by molar-refractivity contribution is 5.93. The van der Waals surface area contributed by atoms with Gasteiger partial charge in [-0.25, -0.2) is 8.78 Å². The third kappa shape index (κ3) is 5.63. The molecule has 2 aromatic carbocycles. The monoisotopic (exact) mass is 361 g/mol. The van der Waals surface area contributed by atoms with Crippen molar-refractivity contribution in [3.8, 4) is 0 Å². The molecule has 0 aromatic heterocycles. The predicted molar refractivity (Wildman–Crippen MR) is 96.7 cm³/mol. The summed E-state index contributed by atoms with van der Waals surface area (Å²) in [6, 6.07) is 10.4. The lowest BCUT2D eigenvalue weighted by Crippen LogP contribution is -2.33. The number of benzene rings is 2. The van der Waals surface area contributed by atoms with Gasteiger partial charge in [0.15, 0.2) is 0 Å². The molecule has 0 radical (unpaired) electrons. The van der Waals surface area contributed by atoms with E-state index in [1.54, 1.807) is 29.2 Å². The summed E-state index contributed by atoms with van der Waals surface area (Å²) in [5.74, 6) is -1.73. The van der Waals surface area contributed by atoms with Crippen molar-refractivity contribution in [3.63, 3.8) is 0 Å². The number of anilines is 2. The first-order chi connectivity index (χ1) is 12.4. The van der Waals surface area contributed by atoms with Gasteiger partial charge in [-0.1, -0.05) is 13.0 Å². The maximum atomic E-state index is 13.8. The van der Waals surface area contributed by atoms with Gasteiger partial charge in [0, 0.05) is 30.4 Å². The Hall–Kier alpha value is -2.80. The third-order valence-electron chi connectivity index (χ3n) is 3.75. The second-order valence-corrected chi connectivity index (χ2v) is 5.81. The van der Waals surface area contributed by atoms with Crippen LogP contribution in [0.15, 0.2) is 42.5 Å². The number of nitrogens with zero attached hydrogens (tertiary/aromatic N) is 1. The van der Waals surface area contributed by atoms with Gasteiger partial charge in [-0.15, -0.1) is 0 Å². The zero-order chi connectivity index (χ0) is 19.1. The average molecular weight is 361 g/mol. The van der Waals surface area contributed by atoms with E-state index < -0.39 is 11.6 Å². The molecule has 0 saturated carbocycles. The van der Waals surface area contributed by atoms with Crippen LogP contribution in [0.2, 0.25) is 0 Å². The molecule has 2 amide bonds. The molecule has 0 bridgehead atoms. The molecule has 0 atom stereocenters. The standard InChI is InChI=1S/C19H21F2N3O2/c1-3-24(11-16-17(20)5-4-6-18(16)21)12-19(26)23-15-9-7-14(8-10-15)22-13(2)25/h4-10H,3,11-12H2,1-2H3,(H,22,25)(H,23,26). The van der Waals surface area contributed by atoms with Crippen LogP contribution in [0.25, 0.3) is 0 Å². The molecule has 0 saturated heterocycles. The van der Waals surface area contributed by atoms with Crippen LogP contribution in [0.5, 0.6) is 0 Å². The van der Waals surface area contributed by atoms with Crippen LogP contribution in [0.3, 0.4) is 0 Å². The fourth-order valence-electron chi connectivity index (χ4n) is 2.43. The number of amides is 2. The fraction of sp³-hybridized carbons (Fsp3) is 0.263. The molecule has 26 heavy (non-hydrogen) atoms. The van der Waals surface area contributed by atoms with Gasteiger partial charge in [0.05, 0.1) is 6.54 Å². The van der Waals surface area contributed by atoms with Gasteiger partial charge >= 0.3 is 0 Å². The van der Waals surface area contributed by atoms with Gasteiger partial charge in [-0.2, -0.15) is 0 Å². The molecule has 0 fully saturated rings. The first-order valence-corrected chi connectivity index (χ1v) is 8.21. The molecular weight excluding hydrogens is 340 g/mol. The number of carbonyl (C=O) groups excluding carboxylic acids is 2. The zero-order valence-corrected chi connectivity index (χ0v) is 14.7. The number of rotatable bonds is 7. The number of carbonyl (C=O) groups is 2. The first-order valence-electron chi connectivity index (χ1n) is 8.21. The number of likely N-dealkylation sites (N-methyl/N-ethyl adjacent to an activating group) is 1. The lowest BCUT2D eigenvalue weighted by Gasteiger charge is -2.20. The van der Waals surface area contributed by atoms with E-state index in [1.165, 1.54) is 25.1 Å². The zero-order valence-electron chi connectivity index (χ0n) is 14.7. The van der Waals surface area contributed by atoms with Gasteiger partial charge in [-0.05, 0) is 42.9 Å². The van der Waals surface area contributed by atoms with Crippen LogP contribution in [-0.2, 0) is 16.1 Å². The molecular formula is C19H21F2N3O2. The van der Waals surface area contributed by atoms with Crippen molar-refractivity contribution in [2.24, 2.45) is 0 Å². The van der Waals surface area contributed by atoms with Crippen molar-refractivity contribution in [3.05, 3.63) is 59.7 Å². The molecule has 0 spiro atoms. The molecule has 0 unspecified atom stereocenters. The van der Waals surface area contributed by atoms with Gasteiger partial charge in [-0.3, -0.25) is 14.5 Å². The maximum absolute atomic E-state index is 13.8. The molecule has 2 N–H and O–H groups in total. The Bertz CT molecular complexity index is 759. The number of hydrogen-bond acceptors (Lipinski definition) is 3. The van der Waals surface area contributed by atoms with Crippen LogP contribution >= 0.6 is 0 Å². The molecule has 138 valence electrons. The molecule has 0 heterocycles. The summed E-state index contributed by atoms with van der Waals surface area (Å²) in [5, 5.41) is 5.36. The fourth-order valence-corrected chi connectivity index (χ4v) is 2.43. The van der Waals surface area contributed by atoms with Crippen molar-refractivity contribution < 1.29 is 18.4 Å². The Morgan fingerprint density at radius 2 is 1.50 bits per heavy atom. The Morgan fingerprint density at radius 1 is 0.962 bits per heavy atom. The van der Waals surface area contributed by atoms with E-state index in [-0.39, 0.29) is 30.5 Å². The highest BCUT2D eigenvalue weighted by Crippen LogP contribution is 2.16. The van der Waals surface area contributed by atoms with E-state index in [1.807, 2.05) is 6.92 Å². The van der Waals surface area contributed by atoms with Crippen LogP contribution in [0.4, 0.5) is 20.2 Å². The van der Waals surface area contributed by atoms with Crippen molar-refractivity contribution in [1.29, 1.82) is 0 Å². The molecule has 7 heteroatoms. The van der Waals surface area contributed by atoms with E-state index in [9.17, 15) is 18.4 Å². The quantitative estimate of drug-likeness (QED) is 0.795. The van der Waals surface area contributed by atoms with Crippen molar-refractivity contribution in [2.75, 3.05) is 23.7 Å². The summed E-state index contributed by atoms with van der Waals surface area (Å²) in [4.78, 5) is 24.8. The SMILES string of the molecule is CCN(CC(=O)Nc1ccc(NC(C)=O)cc1)Cc1c(F)cccc1F. The van der Waals surface area contributed by atoms with Crippen molar-refractivity contribution in [2.45, 2.75) is 20.4 Å². The predicted octanol–water partition coefficient (Wildman–Crippen LogP) is 3.38. The average Bonchev–Trinajstić information content (AvgIpc) is 2.58. The topological polar surface area (TPSA) is 61.4 Å². The first kappa shape index (κ1) is 19.5. The smallest absolute Gasteiger partial charge is 0.238 e. The van der Waals surface area contributed by atoms with Crippen molar-refractivity contribution in [1.82, 2.24) is 4.90 Å². The second-order valence-electron chi connectivity index (χ2n) is 5.81. The van der Waals surface area contributed by atoms with E-state index in [2.05, 4.69) is 10.6 Å². The summed E-state index contributed by atoms with van der Waals surface area (Å²) in [7, 11) is 0. The minimum absolute atomic E-state index is 0.00226. The Labute approximate surface area is 151 Å². The summed E-state index contributed by atoms with van der Waals surface area (Å²) in [5.41, 5.74) is 1.14. The largest absolute Gasteiger partial charge is 0.326 e. The number of nitrogens with one attached hydrogen (secondary N) is 2. The van der Waals surface area contributed by atoms with Gasteiger partial charge in [0.1, 0.15) is 11.6 Å². The Morgan fingerprint density at radius 3 is 2.00 bits per heavy atom. The molecule has 2 aromatic rings. The molecule has 0 aliphatic heterocycles. The Kier molecular flexibility index (Phi) is 6.80. The highest BCUT2D eigenvalue weighted by Gasteiger charge is 2.15. The normalized spacial score (nSPS) is 10.7. The second kappa shape index (κ2) is 9.05. The minimum atomic E-state index is -0.627. The number of hydrogen-bond donors (Lipinski definition) is 2. The van der Waals surface area contributed by atoms with Gasteiger partial charge in [0.2, 0.25) is 11.8 Å².